The summed E-state index contributed by atoms with van der Waals surface area (Å²) in [6.45, 7) is 7.49. The molecule has 0 atom stereocenters. The Balaban J connectivity index is 2.82. The van der Waals surface area contributed by atoms with Gasteiger partial charge in [-0.15, -0.1) is 0 Å². The van der Waals surface area contributed by atoms with Crippen LogP contribution in [0.15, 0.2) is 17.1 Å². The van der Waals surface area contributed by atoms with Gasteiger partial charge < -0.3 is 5.73 Å². The predicted molar refractivity (Wildman–Crippen MR) is 81.6 cm³/mol. The molecule has 0 amide bonds. The highest BCUT2D eigenvalue weighted by Gasteiger charge is 2.07. The second-order valence-electron chi connectivity index (χ2n) is 4.65. The summed E-state index contributed by atoms with van der Waals surface area (Å²) >= 11 is 0. The highest BCUT2D eigenvalue weighted by Crippen LogP contribution is 2.21. The Labute approximate surface area is 111 Å². The molecule has 2 heteroatoms. The average Bonchev–Trinajstić information content (AvgIpc) is 2.39. The minimum absolute atomic E-state index is 0.914. The van der Waals surface area contributed by atoms with Gasteiger partial charge in [-0.05, 0) is 42.0 Å². The van der Waals surface area contributed by atoms with Gasteiger partial charge in [-0.2, -0.15) is 0 Å². The van der Waals surface area contributed by atoms with Crippen LogP contribution in [-0.4, -0.2) is 12.8 Å². The molecular weight excluding hydrogens is 220 g/mol. The number of rotatable bonds is 7. The Morgan fingerprint density at radius 2 is 1.78 bits per heavy atom. The summed E-state index contributed by atoms with van der Waals surface area (Å²) in [7, 11) is 0. The lowest BCUT2D eigenvalue weighted by Gasteiger charge is -2.12. The third-order valence-electron chi connectivity index (χ3n) is 3.33. The maximum atomic E-state index is 6.03. The summed E-state index contributed by atoms with van der Waals surface area (Å²) < 4.78 is 0. The van der Waals surface area contributed by atoms with Gasteiger partial charge in [0, 0.05) is 18.4 Å². The van der Waals surface area contributed by atoms with Crippen LogP contribution in [0.1, 0.15) is 56.7 Å². The number of aliphatic imine (C=N–C) groups is 1. The quantitative estimate of drug-likeness (QED) is 0.441. The van der Waals surface area contributed by atoms with Crippen LogP contribution in [0, 0.1) is 0 Å². The average molecular weight is 246 g/mol. The van der Waals surface area contributed by atoms with Crippen molar-refractivity contribution in [3.63, 3.8) is 0 Å². The van der Waals surface area contributed by atoms with E-state index in [1.807, 2.05) is 12.3 Å². The molecule has 0 aliphatic rings. The minimum atomic E-state index is 0.914. The van der Waals surface area contributed by atoms with E-state index < -0.39 is 0 Å². The summed E-state index contributed by atoms with van der Waals surface area (Å²) in [6.07, 6.45) is 7.73. The van der Waals surface area contributed by atoms with Gasteiger partial charge >= 0.3 is 0 Å². The van der Waals surface area contributed by atoms with Gasteiger partial charge in [0.25, 0.3) is 0 Å². The minimum Gasteiger partial charge on any atom is -0.398 e. The summed E-state index contributed by atoms with van der Waals surface area (Å²) in [5, 5.41) is 0. The Hall–Kier alpha value is -1.31. The number of hydrogen-bond acceptors (Lipinski definition) is 2. The Bertz CT molecular complexity index is 394. The number of hydrogen-bond donors (Lipinski definition) is 1. The zero-order valence-corrected chi connectivity index (χ0v) is 12.0. The zero-order valence-electron chi connectivity index (χ0n) is 12.0. The molecule has 0 aromatic heterocycles. The SMILES string of the molecule is CCCCC/N=C/c1ccc(N)c(CC)c1CC. The fourth-order valence-corrected chi connectivity index (χ4v) is 2.30. The van der Waals surface area contributed by atoms with Crippen LogP contribution >= 0.6 is 0 Å². The molecule has 2 N–H and O–H groups in total. The normalized spacial score (nSPS) is 11.3. The van der Waals surface area contributed by atoms with E-state index in [0.29, 0.717) is 0 Å². The van der Waals surface area contributed by atoms with Crippen molar-refractivity contribution in [1.82, 2.24) is 0 Å². The van der Waals surface area contributed by atoms with E-state index >= 15 is 0 Å². The predicted octanol–water partition coefficient (Wildman–Crippen LogP) is 4.00. The van der Waals surface area contributed by atoms with E-state index in [0.717, 1.165) is 25.1 Å². The second-order valence-corrected chi connectivity index (χ2v) is 4.65. The van der Waals surface area contributed by atoms with Crippen LogP contribution in [0.25, 0.3) is 0 Å². The van der Waals surface area contributed by atoms with Crippen molar-refractivity contribution in [3.8, 4) is 0 Å². The van der Waals surface area contributed by atoms with Crippen molar-refractivity contribution in [1.29, 1.82) is 0 Å². The maximum absolute atomic E-state index is 6.03. The van der Waals surface area contributed by atoms with Gasteiger partial charge in [0.05, 0.1) is 0 Å². The lowest BCUT2D eigenvalue weighted by Crippen LogP contribution is -2.02. The van der Waals surface area contributed by atoms with Gasteiger partial charge in [0.2, 0.25) is 0 Å². The molecular formula is C16H26N2. The standard InChI is InChI=1S/C16H26N2/c1-4-7-8-11-18-12-13-9-10-16(17)15(6-3)14(13)5-2/h9-10,12H,4-8,11,17H2,1-3H3/b18-12+. The molecule has 0 aliphatic carbocycles. The topological polar surface area (TPSA) is 38.4 Å². The first-order valence-corrected chi connectivity index (χ1v) is 7.14. The fourth-order valence-electron chi connectivity index (χ4n) is 2.30. The van der Waals surface area contributed by atoms with Gasteiger partial charge in [-0.3, -0.25) is 4.99 Å². The maximum Gasteiger partial charge on any atom is 0.0389 e. The third-order valence-corrected chi connectivity index (χ3v) is 3.33. The largest absolute Gasteiger partial charge is 0.398 e. The van der Waals surface area contributed by atoms with E-state index in [4.69, 9.17) is 5.73 Å². The first-order valence-electron chi connectivity index (χ1n) is 7.14. The van der Waals surface area contributed by atoms with Crippen molar-refractivity contribution in [3.05, 3.63) is 28.8 Å². The molecule has 0 heterocycles. The number of anilines is 1. The molecule has 0 aliphatic heterocycles. The van der Waals surface area contributed by atoms with Crippen LogP contribution in [0.5, 0.6) is 0 Å². The zero-order chi connectivity index (χ0) is 13.4. The highest BCUT2D eigenvalue weighted by molar-refractivity contribution is 5.83. The molecule has 1 aromatic rings. The molecule has 0 fully saturated rings. The van der Waals surface area contributed by atoms with E-state index in [1.54, 1.807) is 0 Å². The summed E-state index contributed by atoms with van der Waals surface area (Å²) in [5.74, 6) is 0. The molecule has 0 unspecified atom stereocenters. The number of nitrogen functional groups attached to an aromatic ring is 1. The molecule has 0 radical (unpaired) electrons. The number of nitrogens with two attached hydrogens (primary N) is 1. The van der Waals surface area contributed by atoms with Crippen molar-refractivity contribution < 1.29 is 0 Å². The number of benzene rings is 1. The van der Waals surface area contributed by atoms with E-state index in [-0.39, 0.29) is 0 Å². The van der Waals surface area contributed by atoms with Crippen molar-refractivity contribution in [2.45, 2.75) is 52.9 Å². The Kier molecular flexibility index (Phi) is 6.48. The molecule has 0 bridgehead atoms. The molecule has 0 spiro atoms. The van der Waals surface area contributed by atoms with E-state index in [2.05, 4.69) is 31.8 Å². The van der Waals surface area contributed by atoms with E-state index in [1.165, 1.54) is 36.0 Å². The van der Waals surface area contributed by atoms with Crippen molar-refractivity contribution >= 4 is 11.9 Å². The highest BCUT2D eigenvalue weighted by atomic mass is 14.7. The van der Waals surface area contributed by atoms with Gasteiger partial charge in [-0.1, -0.05) is 39.7 Å². The molecule has 0 saturated carbocycles. The van der Waals surface area contributed by atoms with Gasteiger partial charge in [0.1, 0.15) is 0 Å². The Morgan fingerprint density at radius 1 is 1.06 bits per heavy atom. The molecule has 100 valence electrons. The summed E-state index contributed by atoms with van der Waals surface area (Å²) in [4.78, 5) is 4.53. The molecule has 18 heavy (non-hydrogen) atoms. The second kappa shape index (κ2) is 7.91. The molecule has 1 rings (SSSR count). The molecule has 0 saturated heterocycles. The molecule has 2 nitrogen and oxygen atoms in total. The summed E-state index contributed by atoms with van der Waals surface area (Å²) in [5.41, 5.74) is 10.8. The first-order chi connectivity index (χ1) is 8.74. The van der Waals surface area contributed by atoms with Crippen LogP contribution in [0.2, 0.25) is 0 Å². The van der Waals surface area contributed by atoms with Crippen LogP contribution in [-0.2, 0) is 12.8 Å². The molecule has 1 aromatic carbocycles. The van der Waals surface area contributed by atoms with Crippen molar-refractivity contribution in [2.75, 3.05) is 12.3 Å². The number of unbranched alkanes of at least 4 members (excludes halogenated alkanes) is 2. The fraction of sp³-hybridized carbons (Fsp3) is 0.562. The van der Waals surface area contributed by atoms with Crippen LogP contribution in [0.3, 0.4) is 0 Å². The summed E-state index contributed by atoms with van der Waals surface area (Å²) in [6, 6.07) is 4.10. The third kappa shape index (κ3) is 3.86. The van der Waals surface area contributed by atoms with Gasteiger partial charge in [-0.25, -0.2) is 0 Å². The lowest BCUT2D eigenvalue weighted by molar-refractivity contribution is 0.729. The Morgan fingerprint density at radius 3 is 2.39 bits per heavy atom. The first kappa shape index (κ1) is 14.7. The van der Waals surface area contributed by atoms with Crippen LogP contribution in [0.4, 0.5) is 5.69 Å². The van der Waals surface area contributed by atoms with Crippen LogP contribution < -0.4 is 5.73 Å². The smallest absolute Gasteiger partial charge is 0.0389 e. The van der Waals surface area contributed by atoms with Crippen molar-refractivity contribution in [2.24, 2.45) is 4.99 Å². The monoisotopic (exact) mass is 246 g/mol. The van der Waals surface area contributed by atoms with E-state index in [9.17, 15) is 0 Å². The van der Waals surface area contributed by atoms with Gasteiger partial charge in [0.15, 0.2) is 0 Å². The lowest BCUT2D eigenvalue weighted by atomic mass is 9.96. The number of nitrogens with zero attached hydrogens (tertiary/aromatic N) is 1.